The number of benzene rings is 2. The Labute approximate surface area is 160 Å². The zero-order valence-electron chi connectivity index (χ0n) is 14.9. The van der Waals surface area contributed by atoms with Crippen LogP contribution in [0.25, 0.3) is 10.9 Å². The highest BCUT2D eigenvalue weighted by molar-refractivity contribution is 9.10. The molecule has 26 heavy (non-hydrogen) atoms. The number of hydrogen-bond donors (Lipinski definition) is 1. The number of anilines is 1. The van der Waals surface area contributed by atoms with Crippen LogP contribution in [0.2, 0.25) is 0 Å². The molecule has 2 aromatic carbocycles. The van der Waals surface area contributed by atoms with Crippen LogP contribution in [-0.2, 0) is 6.42 Å². The number of carbonyl (C=O) groups is 1. The van der Waals surface area contributed by atoms with Gasteiger partial charge in [-0.2, -0.15) is 0 Å². The number of hydrogen-bond acceptors (Lipinski definition) is 2. The maximum atomic E-state index is 12.9. The minimum absolute atomic E-state index is 0.185. The zero-order chi connectivity index (χ0) is 18.6. The summed E-state index contributed by atoms with van der Waals surface area (Å²) in [6, 6.07) is 9.89. The molecule has 0 aliphatic carbocycles. The maximum absolute atomic E-state index is 12.9. The lowest BCUT2D eigenvalue weighted by atomic mass is 10.1. The zero-order valence-corrected chi connectivity index (χ0v) is 16.5. The lowest BCUT2D eigenvalue weighted by molar-refractivity contribution is 0.102. The van der Waals surface area contributed by atoms with Crippen molar-refractivity contribution in [3.05, 3.63) is 73.5 Å². The minimum atomic E-state index is -0.362. The summed E-state index contributed by atoms with van der Waals surface area (Å²) in [5.41, 5.74) is 4.75. The molecule has 0 saturated carbocycles. The van der Waals surface area contributed by atoms with Crippen LogP contribution in [0.1, 0.15) is 40.0 Å². The van der Waals surface area contributed by atoms with Gasteiger partial charge < -0.3 is 9.88 Å². The third-order valence-corrected chi connectivity index (χ3v) is 5.56. The number of pyridine rings is 1. The largest absolute Gasteiger partial charge is 0.343 e. The van der Waals surface area contributed by atoms with Crippen LogP contribution in [0.4, 0.5) is 5.69 Å². The molecule has 132 valence electrons. The summed E-state index contributed by atoms with van der Waals surface area (Å²) in [7, 11) is 0. The molecule has 1 aliphatic heterocycles. The predicted molar refractivity (Wildman–Crippen MR) is 108 cm³/mol. The molecule has 5 heteroatoms. The molecule has 1 aromatic heterocycles. The van der Waals surface area contributed by atoms with Gasteiger partial charge in [-0.25, -0.2) is 0 Å². The summed E-state index contributed by atoms with van der Waals surface area (Å²) < 4.78 is 3.02. The molecule has 0 spiro atoms. The van der Waals surface area contributed by atoms with Crippen molar-refractivity contribution in [1.29, 1.82) is 0 Å². The Morgan fingerprint density at radius 1 is 1.23 bits per heavy atom. The topological polar surface area (TPSA) is 51.1 Å². The second-order valence-corrected chi connectivity index (χ2v) is 7.93. The molecular weight excluding hydrogens is 392 g/mol. The Hall–Kier alpha value is -2.40. The summed E-state index contributed by atoms with van der Waals surface area (Å²) in [6.45, 7) is 5.98. The van der Waals surface area contributed by atoms with Crippen molar-refractivity contribution in [3.8, 4) is 0 Å². The van der Waals surface area contributed by atoms with E-state index in [0.717, 1.165) is 33.2 Å². The summed E-state index contributed by atoms with van der Waals surface area (Å²) in [6.07, 6.45) is 2.59. The molecular formula is C21H19BrN2O2. The third kappa shape index (κ3) is 2.58. The van der Waals surface area contributed by atoms with Crippen LogP contribution < -0.4 is 10.7 Å². The second-order valence-electron chi connectivity index (χ2n) is 7.01. The number of amides is 1. The van der Waals surface area contributed by atoms with E-state index >= 15 is 0 Å². The number of para-hydroxylation sites is 1. The average Bonchev–Trinajstić information content (AvgIpc) is 2.90. The van der Waals surface area contributed by atoms with E-state index in [9.17, 15) is 9.59 Å². The van der Waals surface area contributed by atoms with E-state index in [2.05, 4.69) is 38.8 Å². The highest BCUT2D eigenvalue weighted by Gasteiger charge is 2.24. The molecule has 2 heterocycles. The van der Waals surface area contributed by atoms with Crippen LogP contribution in [0, 0.1) is 13.8 Å². The first kappa shape index (κ1) is 17.0. The van der Waals surface area contributed by atoms with Crippen LogP contribution in [0.5, 0.6) is 0 Å². The highest BCUT2D eigenvalue weighted by Crippen LogP contribution is 2.31. The standard InChI is InChI=1S/C21H19BrN2O2/c1-11-7-15(22)8-12(2)18(11)23-21(26)17-10-24-13(3)9-14-5-4-6-16(19(14)24)20(17)25/h4-8,10,13H,9H2,1-3H3,(H,23,26). The minimum Gasteiger partial charge on any atom is -0.343 e. The number of aromatic nitrogens is 1. The summed E-state index contributed by atoms with van der Waals surface area (Å²) in [5, 5.41) is 3.55. The van der Waals surface area contributed by atoms with E-state index in [4.69, 9.17) is 0 Å². The quantitative estimate of drug-likeness (QED) is 0.662. The molecule has 4 rings (SSSR count). The number of rotatable bonds is 2. The van der Waals surface area contributed by atoms with Gasteiger partial charge >= 0.3 is 0 Å². The van der Waals surface area contributed by atoms with Crippen LogP contribution in [0.3, 0.4) is 0 Å². The van der Waals surface area contributed by atoms with Gasteiger partial charge in [-0.3, -0.25) is 9.59 Å². The number of nitrogens with zero attached hydrogens (tertiary/aromatic N) is 1. The van der Waals surface area contributed by atoms with Crippen molar-refractivity contribution in [3.63, 3.8) is 0 Å². The van der Waals surface area contributed by atoms with Gasteiger partial charge in [0.15, 0.2) is 0 Å². The molecule has 1 aliphatic rings. The number of aryl methyl sites for hydroxylation is 2. The molecule has 1 unspecified atom stereocenters. The fourth-order valence-corrected chi connectivity index (χ4v) is 4.55. The lowest BCUT2D eigenvalue weighted by Crippen LogP contribution is -2.24. The van der Waals surface area contributed by atoms with E-state index in [0.29, 0.717) is 5.39 Å². The normalized spacial score (nSPS) is 15.5. The molecule has 1 N–H and O–H groups in total. The SMILES string of the molecule is Cc1cc(Br)cc(C)c1NC(=O)c1cn2c3c(cccc3c1=O)CC2C. The molecule has 0 saturated heterocycles. The fraction of sp³-hybridized carbons (Fsp3) is 0.238. The Balaban J connectivity index is 1.83. The predicted octanol–water partition coefficient (Wildman–Crippen LogP) is 4.75. The van der Waals surface area contributed by atoms with Crippen LogP contribution in [0.15, 0.2) is 45.8 Å². The van der Waals surface area contributed by atoms with E-state index in [1.54, 1.807) is 6.20 Å². The Morgan fingerprint density at radius 3 is 2.62 bits per heavy atom. The Morgan fingerprint density at radius 2 is 1.92 bits per heavy atom. The summed E-state index contributed by atoms with van der Waals surface area (Å²) in [4.78, 5) is 25.9. The van der Waals surface area contributed by atoms with Gasteiger partial charge in [-0.05, 0) is 62.1 Å². The van der Waals surface area contributed by atoms with Gasteiger partial charge in [-0.15, -0.1) is 0 Å². The van der Waals surface area contributed by atoms with E-state index < -0.39 is 0 Å². The highest BCUT2D eigenvalue weighted by atomic mass is 79.9. The fourth-order valence-electron chi connectivity index (χ4n) is 3.87. The van der Waals surface area contributed by atoms with Crippen LogP contribution >= 0.6 is 15.9 Å². The molecule has 0 bridgehead atoms. The Bertz CT molecular complexity index is 1110. The molecule has 1 amide bonds. The number of carbonyl (C=O) groups excluding carboxylic acids is 1. The maximum Gasteiger partial charge on any atom is 0.261 e. The first-order valence-electron chi connectivity index (χ1n) is 8.61. The monoisotopic (exact) mass is 410 g/mol. The molecule has 1 atom stereocenters. The van der Waals surface area contributed by atoms with Gasteiger partial charge in [0.25, 0.3) is 5.91 Å². The average molecular weight is 411 g/mol. The van der Waals surface area contributed by atoms with E-state index in [-0.39, 0.29) is 22.9 Å². The third-order valence-electron chi connectivity index (χ3n) is 5.11. The van der Waals surface area contributed by atoms with Gasteiger partial charge in [0.2, 0.25) is 5.43 Å². The van der Waals surface area contributed by atoms with Gasteiger partial charge in [0, 0.05) is 27.8 Å². The number of nitrogens with one attached hydrogen (secondary N) is 1. The molecule has 0 radical (unpaired) electrons. The van der Waals surface area contributed by atoms with Crippen molar-refractivity contribution in [1.82, 2.24) is 4.57 Å². The molecule has 0 fully saturated rings. The van der Waals surface area contributed by atoms with E-state index in [1.807, 2.05) is 38.1 Å². The summed E-state index contributed by atoms with van der Waals surface area (Å²) >= 11 is 3.46. The van der Waals surface area contributed by atoms with Crippen molar-refractivity contribution in [2.24, 2.45) is 0 Å². The van der Waals surface area contributed by atoms with E-state index in [1.165, 1.54) is 5.56 Å². The van der Waals surface area contributed by atoms with Gasteiger partial charge in [-0.1, -0.05) is 28.1 Å². The van der Waals surface area contributed by atoms with Crippen molar-refractivity contribution in [2.75, 3.05) is 5.32 Å². The molecule has 3 aromatic rings. The summed E-state index contributed by atoms with van der Waals surface area (Å²) in [5.74, 6) is -0.362. The lowest BCUT2D eigenvalue weighted by Gasteiger charge is -2.15. The van der Waals surface area contributed by atoms with Gasteiger partial charge in [0.1, 0.15) is 5.56 Å². The first-order valence-corrected chi connectivity index (χ1v) is 9.41. The van der Waals surface area contributed by atoms with Crippen molar-refractivity contribution < 1.29 is 4.79 Å². The first-order chi connectivity index (χ1) is 12.4. The van der Waals surface area contributed by atoms with Gasteiger partial charge in [0.05, 0.1) is 5.52 Å². The smallest absolute Gasteiger partial charge is 0.261 e. The second kappa shape index (κ2) is 6.09. The van der Waals surface area contributed by atoms with Crippen molar-refractivity contribution >= 4 is 38.4 Å². The Kier molecular flexibility index (Phi) is 3.99. The van der Waals surface area contributed by atoms with Crippen molar-refractivity contribution in [2.45, 2.75) is 33.2 Å². The van der Waals surface area contributed by atoms with Crippen LogP contribution in [-0.4, -0.2) is 10.5 Å². The molecule has 4 nitrogen and oxygen atoms in total. The number of halogens is 1.